The lowest BCUT2D eigenvalue weighted by atomic mass is 9.90. The molecule has 0 fully saturated rings. The highest BCUT2D eigenvalue weighted by molar-refractivity contribution is 5.82. The van der Waals surface area contributed by atoms with Gasteiger partial charge in [-0.3, -0.25) is 4.90 Å². The van der Waals surface area contributed by atoms with Gasteiger partial charge in [-0.25, -0.2) is 13.6 Å². The summed E-state index contributed by atoms with van der Waals surface area (Å²) in [6.07, 6.45) is -2.48. The van der Waals surface area contributed by atoms with Gasteiger partial charge in [-0.2, -0.15) is 0 Å². The Kier molecular flexibility index (Phi) is 5.38. The highest BCUT2D eigenvalue weighted by atomic mass is 19.3. The molecule has 0 bridgehead atoms. The molecule has 1 aromatic rings. The second-order valence-corrected chi connectivity index (χ2v) is 4.42. The number of hydrogen-bond acceptors (Lipinski definition) is 4. The molecule has 1 atom stereocenters. The first-order valence-corrected chi connectivity index (χ1v) is 5.79. The Bertz CT molecular complexity index is 414. The molecule has 0 aliphatic heterocycles. The van der Waals surface area contributed by atoms with Crippen molar-refractivity contribution in [3.05, 3.63) is 35.9 Å². The fraction of sp³-hybridized carbons (Fsp3) is 0.462. The van der Waals surface area contributed by atoms with E-state index in [1.165, 1.54) is 19.1 Å². The average Bonchev–Trinajstić information content (AvgIpc) is 2.37. The Labute approximate surface area is 111 Å². The van der Waals surface area contributed by atoms with Gasteiger partial charge in [0.15, 0.2) is 5.54 Å². The summed E-state index contributed by atoms with van der Waals surface area (Å²) < 4.78 is 29.4. The number of likely N-dealkylation sites (N-methyl/N-ethyl adjacent to an activating group) is 1. The van der Waals surface area contributed by atoms with Crippen molar-refractivity contribution in [2.75, 3.05) is 27.2 Å². The van der Waals surface area contributed by atoms with E-state index < -0.39 is 24.5 Å². The van der Waals surface area contributed by atoms with E-state index in [1.54, 1.807) is 30.3 Å². The normalized spacial score (nSPS) is 14.5. The Balaban J connectivity index is 2.98. The zero-order valence-electron chi connectivity index (χ0n) is 11.0. The summed E-state index contributed by atoms with van der Waals surface area (Å²) in [7, 11) is 2.71. The Morgan fingerprint density at radius 2 is 2.00 bits per heavy atom. The van der Waals surface area contributed by atoms with E-state index in [2.05, 4.69) is 0 Å². The number of esters is 1. The molecule has 0 radical (unpaired) electrons. The maximum atomic E-state index is 12.3. The monoisotopic (exact) mass is 272 g/mol. The van der Waals surface area contributed by atoms with Crippen LogP contribution in [-0.2, 0) is 15.1 Å². The van der Waals surface area contributed by atoms with Crippen LogP contribution in [0.5, 0.6) is 0 Å². The smallest absolute Gasteiger partial charge is 0.331 e. The third kappa shape index (κ3) is 3.97. The number of methoxy groups -OCH3 is 1. The lowest BCUT2D eigenvalue weighted by molar-refractivity contribution is -0.148. The molecule has 4 nitrogen and oxygen atoms in total. The summed E-state index contributed by atoms with van der Waals surface area (Å²) in [5.74, 6) is -0.653. The third-order valence-electron chi connectivity index (χ3n) is 2.81. The topological polar surface area (TPSA) is 55.6 Å². The van der Waals surface area contributed by atoms with Crippen LogP contribution < -0.4 is 5.73 Å². The van der Waals surface area contributed by atoms with E-state index >= 15 is 0 Å². The number of carbonyl (C=O) groups is 1. The molecular weight excluding hydrogens is 254 g/mol. The van der Waals surface area contributed by atoms with Crippen molar-refractivity contribution < 1.29 is 18.3 Å². The van der Waals surface area contributed by atoms with Crippen molar-refractivity contribution in [3.8, 4) is 0 Å². The largest absolute Gasteiger partial charge is 0.467 e. The SMILES string of the molecule is COC(=O)C(N)(CN(C)CC(F)F)c1ccccc1. The molecule has 2 N–H and O–H groups in total. The summed E-state index contributed by atoms with van der Waals surface area (Å²) in [6, 6.07) is 8.59. The second-order valence-electron chi connectivity index (χ2n) is 4.42. The van der Waals surface area contributed by atoms with Crippen molar-refractivity contribution in [2.24, 2.45) is 5.73 Å². The van der Waals surface area contributed by atoms with E-state index in [0.29, 0.717) is 5.56 Å². The van der Waals surface area contributed by atoms with Crippen LogP contribution >= 0.6 is 0 Å². The molecule has 0 saturated carbocycles. The number of alkyl halides is 2. The summed E-state index contributed by atoms with van der Waals surface area (Å²) in [5, 5.41) is 0. The van der Waals surface area contributed by atoms with Gasteiger partial charge in [0, 0.05) is 6.54 Å². The molecule has 1 rings (SSSR count). The molecule has 0 saturated heterocycles. The minimum absolute atomic E-state index is 0.0476. The molecule has 1 aromatic carbocycles. The van der Waals surface area contributed by atoms with Crippen molar-refractivity contribution >= 4 is 5.97 Å². The molecule has 0 aromatic heterocycles. The summed E-state index contributed by atoms with van der Waals surface area (Å²) in [4.78, 5) is 13.2. The first-order valence-electron chi connectivity index (χ1n) is 5.79. The number of hydrogen-bond donors (Lipinski definition) is 1. The van der Waals surface area contributed by atoms with Gasteiger partial charge in [-0.05, 0) is 12.6 Å². The minimum atomic E-state index is -2.48. The molecule has 0 amide bonds. The molecule has 0 spiro atoms. The van der Waals surface area contributed by atoms with Crippen molar-refractivity contribution in [3.63, 3.8) is 0 Å². The first-order chi connectivity index (χ1) is 8.90. The van der Waals surface area contributed by atoms with E-state index in [-0.39, 0.29) is 6.54 Å². The minimum Gasteiger partial charge on any atom is -0.467 e. The standard InChI is InChI=1S/C13H18F2N2O2/c1-17(8-11(14)15)9-13(16,12(18)19-2)10-6-4-3-5-7-10/h3-7,11H,8-9,16H2,1-2H3. The summed E-state index contributed by atoms with van der Waals surface area (Å²) in [6.45, 7) is -0.503. The van der Waals surface area contributed by atoms with Gasteiger partial charge < -0.3 is 10.5 Å². The second kappa shape index (κ2) is 6.58. The zero-order valence-corrected chi connectivity index (χ0v) is 11.0. The maximum absolute atomic E-state index is 12.3. The predicted molar refractivity (Wildman–Crippen MR) is 67.8 cm³/mol. The lowest BCUT2D eigenvalue weighted by Crippen LogP contribution is -2.53. The van der Waals surface area contributed by atoms with Crippen LogP contribution in [0, 0.1) is 0 Å². The van der Waals surface area contributed by atoms with E-state index in [4.69, 9.17) is 10.5 Å². The Morgan fingerprint density at radius 3 is 2.47 bits per heavy atom. The van der Waals surface area contributed by atoms with Gasteiger partial charge in [0.2, 0.25) is 0 Å². The number of rotatable bonds is 6. The number of halogens is 2. The Hall–Kier alpha value is -1.53. The van der Waals surface area contributed by atoms with Gasteiger partial charge in [-0.15, -0.1) is 0 Å². The average molecular weight is 272 g/mol. The number of nitrogens with two attached hydrogens (primary N) is 1. The van der Waals surface area contributed by atoms with E-state index in [0.717, 1.165) is 0 Å². The van der Waals surface area contributed by atoms with Crippen molar-refractivity contribution in [1.29, 1.82) is 0 Å². The fourth-order valence-corrected chi connectivity index (χ4v) is 1.92. The Morgan fingerprint density at radius 1 is 1.42 bits per heavy atom. The first kappa shape index (κ1) is 15.5. The van der Waals surface area contributed by atoms with Crippen LogP contribution in [0.15, 0.2) is 30.3 Å². The van der Waals surface area contributed by atoms with E-state index in [9.17, 15) is 13.6 Å². The molecular formula is C13H18F2N2O2. The quantitative estimate of drug-likeness (QED) is 0.791. The molecule has 1 unspecified atom stereocenters. The highest BCUT2D eigenvalue weighted by Crippen LogP contribution is 2.21. The fourth-order valence-electron chi connectivity index (χ4n) is 1.92. The third-order valence-corrected chi connectivity index (χ3v) is 2.81. The molecule has 0 aliphatic rings. The molecule has 6 heteroatoms. The highest BCUT2D eigenvalue weighted by Gasteiger charge is 2.38. The molecule has 0 heterocycles. The maximum Gasteiger partial charge on any atom is 0.331 e. The van der Waals surface area contributed by atoms with Crippen LogP contribution in [0.1, 0.15) is 5.56 Å². The van der Waals surface area contributed by atoms with Crippen LogP contribution in [0.4, 0.5) is 8.78 Å². The number of carbonyl (C=O) groups excluding carboxylic acids is 1. The van der Waals surface area contributed by atoms with Crippen LogP contribution in [-0.4, -0.2) is 44.5 Å². The summed E-state index contributed by atoms with van der Waals surface area (Å²) >= 11 is 0. The predicted octanol–water partition coefficient (Wildman–Crippen LogP) is 1.21. The molecule has 106 valence electrons. The molecule has 0 aliphatic carbocycles. The van der Waals surface area contributed by atoms with Gasteiger partial charge in [-0.1, -0.05) is 30.3 Å². The van der Waals surface area contributed by atoms with Crippen LogP contribution in [0.2, 0.25) is 0 Å². The number of nitrogens with zero attached hydrogens (tertiary/aromatic N) is 1. The summed E-state index contributed by atoms with van der Waals surface area (Å²) in [5.41, 5.74) is 5.16. The van der Waals surface area contributed by atoms with Crippen molar-refractivity contribution in [2.45, 2.75) is 12.0 Å². The van der Waals surface area contributed by atoms with Gasteiger partial charge in [0.05, 0.1) is 13.7 Å². The van der Waals surface area contributed by atoms with Crippen LogP contribution in [0.3, 0.4) is 0 Å². The lowest BCUT2D eigenvalue weighted by Gasteiger charge is -2.31. The number of benzene rings is 1. The molecule has 19 heavy (non-hydrogen) atoms. The van der Waals surface area contributed by atoms with Crippen molar-refractivity contribution in [1.82, 2.24) is 4.90 Å². The number of ether oxygens (including phenoxy) is 1. The van der Waals surface area contributed by atoms with E-state index in [1.807, 2.05) is 0 Å². The van der Waals surface area contributed by atoms with Gasteiger partial charge >= 0.3 is 5.97 Å². The zero-order chi connectivity index (χ0) is 14.5. The van der Waals surface area contributed by atoms with Gasteiger partial charge in [0.25, 0.3) is 6.43 Å². The van der Waals surface area contributed by atoms with Gasteiger partial charge in [0.1, 0.15) is 0 Å². The van der Waals surface area contributed by atoms with Crippen LogP contribution in [0.25, 0.3) is 0 Å².